The van der Waals surface area contributed by atoms with Gasteiger partial charge in [0.1, 0.15) is 23.0 Å². The zero-order chi connectivity index (χ0) is 19.4. The molecule has 4 N–H and O–H groups in total. The normalized spacial score (nSPS) is 10.2. The Balaban J connectivity index is 0.000000209. The Labute approximate surface area is 153 Å². The van der Waals surface area contributed by atoms with Crippen LogP contribution in [-0.4, -0.2) is 20.4 Å². The van der Waals surface area contributed by atoms with E-state index in [1.54, 1.807) is 38.1 Å². The zero-order valence-electron chi connectivity index (χ0n) is 15.4. The van der Waals surface area contributed by atoms with Crippen LogP contribution in [0, 0.1) is 27.7 Å². The lowest BCUT2D eigenvalue weighted by atomic mass is 10.0. The van der Waals surface area contributed by atoms with Crippen molar-refractivity contribution in [2.75, 3.05) is 0 Å². The highest BCUT2D eigenvalue weighted by Gasteiger charge is 2.03. The summed E-state index contributed by atoms with van der Waals surface area (Å²) >= 11 is 0. The van der Waals surface area contributed by atoms with Gasteiger partial charge in [-0.15, -0.1) is 0 Å². The maximum absolute atomic E-state index is 9.62. The molecule has 0 atom stereocenters. The molecule has 0 radical (unpaired) electrons. The van der Waals surface area contributed by atoms with Crippen LogP contribution in [0.25, 0.3) is 11.1 Å². The largest absolute Gasteiger partial charge is 0.508 e. The van der Waals surface area contributed by atoms with E-state index in [2.05, 4.69) is 0 Å². The second-order valence-electron chi connectivity index (χ2n) is 6.43. The summed E-state index contributed by atoms with van der Waals surface area (Å²) in [6.07, 6.45) is 0. The van der Waals surface area contributed by atoms with Gasteiger partial charge in [-0.25, -0.2) is 0 Å². The van der Waals surface area contributed by atoms with Crippen LogP contribution >= 0.6 is 0 Å². The highest BCUT2D eigenvalue weighted by Crippen LogP contribution is 2.29. The molecule has 136 valence electrons. The van der Waals surface area contributed by atoms with Crippen LogP contribution in [0.5, 0.6) is 23.0 Å². The summed E-state index contributed by atoms with van der Waals surface area (Å²) in [6.45, 7) is 7.19. The van der Waals surface area contributed by atoms with Gasteiger partial charge < -0.3 is 20.4 Å². The zero-order valence-corrected chi connectivity index (χ0v) is 15.4. The van der Waals surface area contributed by atoms with Crippen LogP contribution in [0.4, 0.5) is 0 Å². The van der Waals surface area contributed by atoms with Gasteiger partial charge in [-0.3, -0.25) is 0 Å². The second kappa shape index (κ2) is 7.83. The minimum absolute atomic E-state index is 0.232. The highest BCUT2D eigenvalue weighted by molar-refractivity contribution is 5.68. The Morgan fingerprint density at radius 1 is 0.423 bits per heavy atom. The lowest BCUT2D eigenvalue weighted by molar-refractivity contribution is 0.453. The summed E-state index contributed by atoms with van der Waals surface area (Å²) in [5.41, 5.74) is 4.89. The molecule has 0 saturated carbocycles. The molecule has 3 aromatic rings. The van der Waals surface area contributed by atoms with Gasteiger partial charge in [0.15, 0.2) is 0 Å². The molecule has 0 fully saturated rings. The van der Waals surface area contributed by atoms with Gasteiger partial charge >= 0.3 is 0 Å². The maximum Gasteiger partial charge on any atom is 0.119 e. The Kier molecular flexibility index (Phi) is 5.78. The van der Waals surface area contributed by atoms with Crippen molar-refractivity contribution in [1.29, 1.82) is 0 Å². The van der Waals surface area contributed by atoms with Crippen LogP contribution < -0.4 is 0 Å². The fraction of sp³-hybridized carbons (Fsp3) is 0.182. The molecule has 0 aliphatic rings. The number of hydrogen-bond donors (Lipinski definition) is 4. The first-order valence-corrected chi connectivity index (χ1v) is 8.28. The van der Waals surface area contributed by atoms with E-state index in [1.807, 2.05) is 38.1 Å². The minimum Gasteiger partial charge on any atom is -0.508 e. The van der Waals surface area contributed by atoms with Crippen molar-refractivity contribution in [3.05, 3.63) is 70.8 Å². The number of rotatable bonds is 1. The molecule has 0 spiro atoms. The van der Waals surface area contributed by atoms with Gasteiger partial charge in [-0.05, 0) is 85.3 Å². The van der Waals surface area contributed by atoms with E-state index in [1.165, 1.54) is 0 Å². The van der Waals surface area contributed by atoms with Crippen LogP contribution in [-0.2, 0) is 0 Å². The molecule has 0 saturated heterocycles. The Morgan fingerprint density at radius 3 is 1.04 bits per heavy atom. The molecule has 4 heteroatoms. The van der Waals surface area contributed by atoms with Crippen molar-refractivity contribution in [3.8, 4) is 34.1 Å². The summed E-state index contributed by atoms with van der Waals surface area (Å²) in [7, 11) is 0. The topological polar surface area (TPSA) is 80.9 Å². The molecule has 0 aliphatic heterocycles. The SMILES string of the molecule is Cc1cc(O)c(C)cc1O.Cc1ccc(-c2ccc(C)c(O)c2)cc1O. The second-order valence-corrected chi connectivity index (χ2v) is 6.43. The van der Waals surface area contributed by atoms with Gasteiger partial charge in [0, 0.05) is 0 Å². The smallest absolute Gasteiger partial charge is 0.119 e. The molecule has 26 heavy (non-hydrogen) atoms. The van der Waals surface area contributed by atoms with E-state index in [-0.39, 0.29) is 23.0 Å². The van der Waals surface area contributed by atoms with Gasteiger partial charge in [0.2, 0.25) is 0 Å². The van der Waals surface area contributed by atoms with E-state index >= 15 is 0 Å². The van der Waals surface area contributed by atoms with Gasteiger partial charge in [0.05, 0.1) is 0 Å². The molecule has 3 aromatic carbocycles. The molecule has 4 nitrogen and oxygen atoms in total. The van der Waals surface area contributed by atoms with Crippen LogP contribution in [0.15, 0.2) is 48.5 Å². The number of aromatic hydroxyl groups is 4. The minimum atomic E-state index is 0.232. The fourth-order valence-corrected chi connectivity index (χ4v) is 2.36. The number of hydrogen-bond acceptors (Lipinski definition) is 4. The van der Waals surface area contributed by atoms with E-state index in [4.69, 9.17) is 10.2 Å². The summed E-state index contributed by atoms with van der Waals surface area (Å²) in [5, 5.41) is 37.5. The Bertz CT molecular complexity index is 830. The van der Waals surface area contributed by atoms with Gasteiger partial charge in [0.25, 0.3) is 0 Å². The quantitative estimate of drug-likeness (QED) is 0.460. The molecule has 0 aromatic heterocycles. The molecule has 0 unspecified atom stereocenters. The summed E-state index contributed by atoms with van der Waals surface area (Å²) < 4.78 is 0. The molecule has 0 heterocycles. The summed E-state index contributed by atoms with van der Waals surface area (Å²) in [5.74, 6) is 1.01. The van der Waals surface area contributed by atoms with Gasteiger partial charge in [-0.2, -0.15) is 0 Å². The Morgan fingerprint density at radius 2 is 0.731 bits per heavy atom. The molecule has 3 rings (SSSR count). The number of aryl methyl sites for hydroxylation is 4. The molecule has 0 aliphatic carbocycles. The van der Waals surface area contributed by atoms with Crippen LogP contribution in [0.3, 0.4) is 0 Å². The van der Waals surface area contributed by atoms with Crippen molar-refractivity contribution < 1.29 is 20.4 Å². The molecular weight excluding hydrogens is 328 g/mol. The molecule has 0 bridgehead atoms. The van der Waals surface area contributed by atoms with E-state index < -0.39 is 0 Å². The standard InChI is InChI=1S/C14H14O2.C8H10O2/c1-9-3-5-11(7-13(9)15)12-6-4-10(2)14(16)8-12;1-5-3-8(10)6(2)4-7(5)9/h3-8,15-16H,1-2H3;3-4,9-10H,1-2H3. The predicted molar refractivity (Wildman–Crippen MR) is 104 cm³/mol. The third-order valence-corrected chi connectivity index (χ3v) is 4.27. The fourth-order valence-electron chi connectivity index (χ4n) is 2.36. The van der Waals surface area contributed by atoms with E-state index in [9.17, 15) is 10.2 Å². The van der Waals surface area contributed by atoms with E-state index in [0.29, 0.717) is 11.1 Å². The molecular formula is C22H24O4. The Hall–Kier alpha value is -3.14. The summed E-state index contributed by atoms with van der Waals surface area (Å²) in [4.78, 5) is 0. The third kappa shape index (κ3) is 4.48. The predicted octanol–water partition coefficient (Wildman–Crippen LogP) is 5.10. The monoisotopic (exact) mass is 352 g/mol. The van der Waals surface area contributed by atoms with Crippen LogP contribution in [0.2, 0.25) is 0 Å². The summed E-state index contributed by atoms with van der Waals surface area (Å²) in [6, 6.07) is 14.1. The lowest BCUT2D eigenvalue weighted by Gasteiger charge is -2.06. The molecule has 0 amide bonds. The highest BCUT2D eigenvalue weighted by atomic mass is 16.3. The van der Waals surface area contributed by atoms with Crippen molar-refractivity contribution in [2.24, 2.45) is 0 Å². The number of phenolic OH excluding ortho intramolecular Hbond substituents is 4. The average molecular weight is 352 g/mol. The third-order valence-electron chi connectivity index (χ3n) is 4.27. The first kappa shape index (κ1) is 19.2. The first-order chi connectivity index (χ1) is 12.2. The van der Waals surface area contributed by atoms with Crippen molar-refractivity contribution in [3.63, 3.8) is 0 Å². The average Bonchev–Trinajstić information content (AvgIpc) is 2.59. The first-order valence-electron chi connectivity index (χ1n) is 8.28. The van der Waals surface area contributed by atoms with E-state index in [0.717, 1.165) is 22.3 Å². The van der Waals surface area contributed by atoms with Crippen molar-refractivity contribution in [1.82, 2.24) is 0 Å². The number of phenols is 4. The van der Waals surface area contributed by atoms with Crippen molar-refractivity contribution in [2.45, 2.75) is 27.7 Å². The number of benzene rings is 3. The van der Waals surface area contributed by atoms with Crippen molar-refractivity contribution >= 4 is 0 Å². The lowest BCUT2D eigenvalue weighted by Crippen LogP contribution is -1.81. The maximum atomic E-state index is 9.62. The van der Waals surface area contributed by atoms with Gasteiger partial charge in [-0.1, -0.05) is 24.3 Å². The van der Waals surface area contributed by atoms with Crippen LogP contribution in [0.1, 0.15) is 22.3 Å².